The molecule has 218 valence electrons. The summed E-state index contributed by atoms with van der Waals surface area (Å²) in [5.74, 6) is 1.89. The number of nitriles is 1. The van der Waals surface area contributed by atoms with Crippen LogP contribution in [0, 0.1) is 35.0 Å². The van der Waals surface area contributed by atoms with Gasteiger partial charge in [-0.1, -0.05) is 27.7 Å². The number of ether oxygens (including phenoxy) is 1. The lowest BCUT2D eigenvalue weighted by Gasteiger charge is -2.63. The van der Waals surface area contributed by atoms with Gasteiger partial charge >= 0.3 is 0 Å². The van der Waals surface area contributed by atoms with E-state index in [2.05, 4.69) is 64.7 Å². The Bertz CT molecular complexity index is 1320. The topological polar surface area (TPSA) is 114 Å². The summed E-state index contributed by atoms with van der Waals surface area (Å²) in [6.07, 6.45) is 9.17. The zero-order chi connectivity index (χ0) is 29.4. The number of aryl methyl sites for hydroxylation is 1. The van der Waals surface area contributed by atoms with E-state index in [0.717, 1.165) is 63.2 Å². The van der Waals surface area contributed by atoms with Crippen LogP contribution in [0.15, 0.2) is 30.6 Å². The second-order valence-electron chi connectivity index (χ2n) is 13.2. The minimum absolute atomic E-state index is 0.105. The summed E-state index contributed by atoms with van der Waals surface area (Å²) >= 11 is 0. The summed E-state index contributed by atoms with van der Waals surface area (Å²) in [5, 5.41) is 22.2. The fraction of sp³-hybridized carbons (Fsp3) is 0.594. The zero-order valence-corrected chi connectivity index (χ0v) is 24.9. The highest BCUT2D eigenvalue weighted by molar-refractivity contribution is 5.94. The molecule has 5 rings (SSSR count). The summed E-state index contributed by atoms with van der Waals surface area (Å²) in [6, 6.07) is 7.61. The van der Waals surface area contributed by atoms with E-state index in [1.165, 1.54) is 0 Å². The van der Waals surface area contributed by atoms with E-state index >= 15 is 0 Å². The smallest absolute Gasteiger partial charge is 0.254 e. The fourth-order valence-electron chi connectivity index (χ4n) is 7.23. The second kappa shape index (κ2) is 11.4. The van der Waals surface area contributed by atoms with Crippen LogP contribution in [0.25, 0.3) is 0 Å². The van der Waals surface area contributed by atoms with Crippen molar-refractivity contribution in [2.45, 2.75) is 78.6 Å². The Hall–Kier alpha value is -3.51. The van der Waals surface area contributed by atoms with Crippen molar-refractivity contribution in [2.75, 3.05) is 31.1 Å². The van der Waals surface area contributed by atoms with Crippen molar-refractivity contribution in [3.8, 4) is 11.8 Å². The number of aliphatic hydroxyl groups is 1. The van der Waals surface area contributed by atoms with Gasteiger partial charge in [-0.05, 0) is 49.4 Å². The lowest BCUT2D eigenvalue weighted by atomic mass is 9.49. The molecule has 1 aromatic carbocycles. The lowest BCUT2D eigenvalue weighted by Crippen LogP contribution is -2.74. The summed E-state index contributed by atoms with van der Waals surface area (Å²) in [7, 11) is 0. The number of carbonyl (C=O) groups excluding carboxylic acids is 1. The molecule has 0 bridgehead atoms. The highest BCUT2D eigenvalue weighted by Gasteiger charge is 2.64. The molecule has 9 heteroatoms. The zero-order valence-electron chi connectivity index (χ0n) is 24.9. The maximum Gasteiger partial charge on any atom is 0.254 e. The van der Waals surface area contributed by atoms with Gasteiger partial charge < -0.3 is 20.1 Å². The molecule has 41 heavy (non-hydrogen) atoms. The molecule has 0 radical (unpaired) electrons. The molecule has 1 aromatic heterocycles. The molecule has 0 spiro atoms. The Kier molecular flexibility index (Phi) is 8.06. The number of anilines is 1. The molecular formula is C32H43N6O3+. The number of amides is 1. The van der Waals surface area contributed by atoms with Gasteiger partial charge in [-0.15, -0.1) is 0 Å². The van der Waals surface area contributed by atoms with Crippen molar-refractivity contribution < 1.29 is 19.2 Å². The molecule has 1 saturated heterocycles. The minimum atomic E-state index is -0.307. The molecule has 2 fully saturated rings. The largest absolute Gasteiger partial charge is 0.489 e. The van der Waals surface area contributed by atoms with Gasteiger partial charge in [-0.3, -0.25) is 4.79 Å². The van der Waals surface area contributed by atoms with E-state index in [4.69, 9.17) is 4.74 Å². The number of rotatable bonds is 8. The molecule has 1 atom stereocenters. The third kappa shape index (κ3) is 5.94. The van der Waals surface area contributed by atoms with Gasteiger partial charge in [0, 0.05) is 48.8 Å². The van der Waals surface area contributed by atoms with Crippen molar-refractivity contribution in [3.05, 3.63) is 47.3 Å². The number of aromatic nitrogens is 2. The van der Waals surface area contributed by atoms with Crippen LogP contribution in [-0.4, -0.2) is 76.2 Å². The van der Waals surface area contributed by atoms with Gasteiger partial charge in [0.1, 0.15) is 30.7 Å². The van der Waals surface area contributed by atoms with Crippen molar-refractivity contribution in [1.82, 2.24) is 15.3 Å². The van der Waals surface area contributed by atoms with Gasteiger partial charge in [-0.25, -0.2) is 14.5 Å². The van der Waals surface area contributed by atoms with E-state index < -0.39 is 0 Å². The monoisotopic (exact) mass is 559 g/mol. The van der Waals surface area contributed by atoms with Gasteiger partial charge in [0.05, 0.1) is 23.6 Å². The number of piperidine rings is 1. The van der Waals surface area contributed by atoms with Crippen LogP contribution in [-0.2, 0) is 0 Å². The fourth-order valence-corrected chi connectivity index (χ4v) is 7.23. The van der Waals surface area contributed by atoms with Crippen LogP contribution in [0.5, 0.6) is 5.75 Å². The first kappa shape index (κ1) is 29.0. The average molecular weight is 560 g/mol. The Morgan fingerprint density at radius 1 is 1.20 bits per heavy atom. The van der Waals surface area contributed by atoms with Crippen molar-refractivity contribution >= 4 is 18.1 Å². The number of carbonyl (C=O) groups is 1. The predicted molar refractivity (Wildman–Crippen MR) is 157 cm³/mol. The van der Waals surface area contributed by atoms with Gasteiger partial charge in [-0.2, -0.15) is 5.26 Å². The maximum atomic E-state index is 13.2. The quantitative estimate of drug-likeness (QED) is 0.474. The minimum Gasteiger partial charge on any atom is -0.489 e. The van der Waals surface area contributed by atoms with Crippen LogP contribution in [0.3, 0.4) is 0 Å². The molecule has 2 N–H and O–H groups in total. The van der Waals surface area contributed by atoms with Crippen LogP contribution in [0.2, 0.25) is 0 Å². The van der Waals surface area contributed by atoms with Gasteiger partial charge in [0.15, 0.2) is 6.54 Å². The summed E-state index contributed by atoms with van der Waals surface area (Å²) in [4.78, 5) is 24.5. The average Bonchev–Trinajstić information content (AvgIpc) is 3.38. The number of hydrogen-bond acceptors (Lipinski definition) is 7. The van der Waals surface area contributed by atoms with E-state index in [9.17, 15) is 15.2 Å². The van der Waals surface area contributed by atoms with Crippen molar-refractivity contribution in [3.63, 3.8) is 0 Å². The Morgan fingerprint density at radius 3 is 2.46 bits per heavy atom. The van der Waals surface area contributed by atoms with E-state index in [1.807, 2.05) is 19.1 Å². The summed E-state index contributed by atoms with van der Waals surface area (Å²) in [6.45, 7) is 13.9. The van der Waals surface area contributed by atoms with Gasteiger partial charge in [0.25, 0.3) is 5.91 Å². The molecule has 3 heterocycles. The highest BCUT2D eigenvalue weighted by Crippen LogP contribution is 2.55. The summed E-state index contributed by atoms with van der Waals surface area (Å²) in [5.41, 5.74) is 1.36. The van der Waals surface area contributed by atoms with Gasteiger partial charge in [0.2, 0.25) is 5.95 Å². The van der Waals surface area contributed by atoms with Crippen LogP contribution >= 0.6 is 0 Å². The first-order valence-corrected chi connectivity index (χ1v) is 14.8. The molecule has 1 unspecified atom stereocenters. The molecule has 2 aromatic rings. The molecule has 1 aliphatic carbocycles. The predicted octanol–water partition coefficient (Wildman–Crippen LogP) is 3.72. The first-order chi connectivity index (χ1) is 19.5. The number of β-amino-alcohol motifs (C(OH)–C–C–N with tert-alkyl or cyclic N) is 1. The molecule has 9 nitrogen and oxygen atoms in total. The first-order valence-electron chi connectivity index (χ1n) is 14.8. The standard InChI is InChI=1S/C32H42N6O3/c1-21-16-26(7-6-23(21)17-33)41-29-31(2,3)28(32(29,4)5)36-27(40)24-18-34-30(35-19-24)38-14-9-22(10-15-38)8-12-37-13-11-25(39)20-37/h6-7,13,16,18-19,22,25,28-29,39H,8-12,14-15,20H2,1-5H3/p+1. The molecule has 1 amide bonds. The molecule has 1 saturated carbocycles. The maximum absolute atomic E-state index is 13.2. The number of benzene rings is 1. The number of hydrogen-bond donors (Lipinski definition) is 2. The third-order valence-electron chi connectivity index (χ3n) is 9.39. The molecule has 2 aliphatic heterocycles. The Balaban J connectivity index is 1.13. The Morgan fingerprint density at radius 2 is 1.88 bits per heavy atom. The SMILES string of the molecule is Cc1cc(OC2C(C)(C)C(NC(=O)c3cnc(N4CCC(CC[N+]5=CCC(O)C5)CC4)nc3)C2(C)C)ccc1C#N. The highest BCUT2D eigenvalue weighted by atomic mass is 16.5. The van der Waals surface area contributed by atoms with Crippen molar-refractivity contribution in [1.29, 1.82) is 5.26 Å². The van der Waals surface area contributed by atoms with E-state index in [0.29, 0.717) is 23.0 Å². The van der Waals surface area contributed by atoms with Crippen LogP contribution in [0.1, 0.15) is 74.9 Å². The van der Waals surface area contributed by atoms with Crippen LogP contribution < -0.4 is 15.0 Å². The normalized spacial score (nSPS) is 25.1. The number of aliphatic hydroxyl groups excluding tert-OH is 1. The Labute approximate surface area is 243 Å². The summed E-state index contributed by atoms with van der Waals surface area (Å²) < 4.78 is 8.66. The number of nitrogens with one attached hydrogen (secondary N) is 1. The lowest BCUT2D eigenvalue weighted by molar-refractivity contribution is -0.523. The van der Waals surface area contributed by atoms with E-state index in [1.54, 1.807) is 18.5 Å². The molecule has 3 aliphatic rings. The second-order valence-corrected chi connectivity index (χ2v) is 13.2. The molecular weight excluding hydrogens is 516 g/mol. The third-order valence-corrected chi connectivity index (χ3v) is 9.39. The number of nitrogens with zero attached hydrogens (tertiary/aromatic N) is 5. The van der Waals surface area contributed by atoms with Crippen LogP contribution in [0.4, 0.5) is 5.95 Å². The van der Waals surface area contributed by atoms with Crippen molar-refractivity contribution in [2.24, 2.45) is 16.7 Å². The van der Waals surface area contributed by atoms with E-state index in [-0.39, 0.29) is 35.0 Å².